The van der Waals surface area contributed by atoms with Gasteiger partial charge in [-0.25, -0.2) is 12.7 Å². The Morgan fingerprint density at radius 2 is 2.05 bits per heavy atom. The SMILES string of the molecule is CS(=O)(=O)N1CCCC(c2nc(-c3ccc(I)cc3)no2)C1. The first-order chi connectivity index (χ1) is 10.4. The van der Waals surface area contributed by atoms with E-state index in [1.54, 1.807) is 0 Å². The molecule has 0 spiro atoms. The Morgan fingerprint density at radius 1 is 1.32 bits per heavy atom. The molecule has 2 heterocycles. The van der Waals surface area contributed by atoms with Crippen LogP contribution in [0.3, 0.4) is 0 Å². The first-order valence-corrected chi connectivity index (χ1v) is 9.91. The van der Waals surface area contributed by atoms with Gasteiger partial charge in [0.15, 0.2) is 0 Å². The molecule has 0 aliphatic carbocycles. The molecule has 1 aliphatic rings. The average Bonchev–Trinajstić information content (AvgIpc) is 2.97. The van der Waals surface area contributed by atoms with Crippen LogP contribution in [-0.2, 0) is 10.0 Å². The van der Waals surface area contributed by atoms with Gasteiger partial charge in [-0.15, -0.1) is 0 Å². The van der Waals surface area contributed by atoms with Gasteiger partial charge in [-0.1, -0.05) is 17.3 Å². The fourth-order valence-corrected chi connectivity index (χ4v) is 3.83. The first-order valence-electron chi connectivity index (χ1n) is 6.98. The summed E-state index contributed by atoms with van der Waals surface area (Å²) in [4.78, 5) is 4.45. The summed E-state index contributed by atoms with van der Waals surface area (Å²) in [6.45, 7) is 0.973. The Bertz CT molecular complexity index is 758. The van der Waals surface area contributed by atoms with Gasteiger partial charge in [0, 0.05) is 22.2 Å². The van der Waals surface area contributed by atoms with Crippen molar-refractivity contribution < 1.29 is 12.9 Å². The molecule has 1 atom stereocenters. The van der Waals surface area contributed by atoms with Gasteiger partial charge in [-0.05, 0) is 47.6 Å². The summed E-state index contributed by atoms with van der Waals surface area (Å²) in [5.41, 5.74) is 0.895. The summed E-state index contributed by atoms with van der Waals surface area (Å²) in [5, 5.41) is 4.02. The molecule has 1 aliphatic heterocycles. The molecule has 0 bridgehead atoms. The van der Waals surface area contributed by atoms with Crippen LogP contribution in [0.25, 0.3) is 11.4 Å². The highest BCUT2D eigenvalue weighted by Crippen LogP contribution is 2.28. The molecule has 0 amide bonds. The summed E-state index contributed by atoms with van der Waals surface area (Å²) in [7, 11) is -3.17. The molecular weight excluding hydrogens is 417 g/mol. The maximum atomic E-state index is 11.7. The summed E-state index contributed by atoms with van der Waals surface area (Å²) < 4.78 is 31.3. The lowest BCUT2D eigenvalue weighted by Gasteiger charge is -2.28. The molecule has 0 saturated carbocycles. The maximum absolute atomic E-state index is 11.7. The van der Waals surface area contributed by atoms with E-state index >= 15 is 0 Å². The van der Waals surface area contributed by atoms with Gasteiger partial charge in [0.1, 0.15) is 0 Å². The highest BCUT2D eigenvalue weighted by atomic mass is 127. The van der Waals surface area contributed by atoms with Gasteiger partial charge < -0.3 is 4.52 Å². The molecule has 22 heavy (non-hydrogen) atoms. The summed E-state index contributed by atoms with van der Waals surface area (Å²) in [6, 6.07) is 7.86. The van der Waals surface area contributed by atoms with E-state index in [1.165, 1.54) is 10.6 Å². The summed E-state index contributed by atoms with van der Waals surface area (Å²) >= 11 is 2.24. The van der Waals surface area contributed by atoms with Crippen LogP contribution in [0.4, 0.5) is 0 Å². The quantitative estimate of drug-likeness (QED) is 0.696. The molecular formula is C14H16IN3O3S. The van der Waals surface area contributed by atoms with Crippen LogP contribution in [0, 0.1) is 3.57 Å². The van der Waals surface area contributed by atoms with E-state index in [-0.39, 0.29) is 5.92 Å². The number of hydrogen-bond acceptors (Lipinski definition) is 5. The van der Waals surface area contributed by atoms with E-state index in [1.807, 2.05) is 24.3 Å². The van der Waals surface area contributed by atoms with Crippen molar-refractivity contribution >= 4 is 32.6 Å². The second-order valence-electron chi connectivity index (χ2n) is 5.42. The molecule has 3 rings (SSSR count). The van der Waals surface area contributed by atoms with Crippen LogP contribution in [0.2, 0.25) is 0 Å². The van der Waals surface area contributed by atoms with Crippen molar-refractivity contribution in [2.24, 2.45) is 0 Å². The Balaban J connectivity index is 1.80. The van der Waals surface area contributed by atoms with Gasteiger partial charge in [0.2, 0.25) is 21.7 Å². The average molecular weight is 433 g/mol. The lowest BCUT2D eigenvalue weighted by atomic mass is 10.00. The number of benzene rings is 1. The Hall–Kier alpha value is -1.00. The second-order valence-corrected chi connectivity index (χ2v) is 8.65. The van der Waals surface area contributed by atoms with E-state index in [0.717, 1.165) is 22.0 Å². The van der Waals surface area contributed by atoms with Gasteiger partial charge >= 0.3 is 0 Å². The first kappa shape index (κ1) is 15.9. The smallest absolute Gasteiger partial charge is 0.231 e. The van der Waals surface area contributed by atoms with Gasteiger partial charge in [0.05, 0.1) is 12.2 Å². The zero-order chi connectivity index (χ0) is 15.7. The minimum atomic E-state index is -3.17. The van der Waals surface area contributed by atoms with Crippen molar-refractivity contribution in [3.8, 4) is 11.4 Å². The van der Waals surface area contributed by atoms with Crippen molar-refractivity contribution in [3.63, 3.8) is 0 Å². The van der Waals surface area contributed by atoms with E-state index in [4.69, 9.17) is 4.52 Å². The maximum Gasteiger partial charge on any atom is 0.231 e. The molecule has 2 aromatic rings. The number of hydrogen-bond donors (Lipinski definition) is 0. The van der Waals surface area contributed by atoms with Crippen LogP contribution in [0.5, 0.6) is 0 Å². The Labute approximate surface area is 143 Å². The molecule has 0 radical (unpaired) electrons. The van der Waals surface area contributed by atoms with Gasteiger partial charge in [-0.2, -0.15) is 4.98 Å². The van der Waals surface area contributed by atoms with Gasteiger partial charge in [0.25, 0.3) is 0 Å². The zero-order valence-electron chi connectivity index (χ0n) is 12.1. The van der Waals surface area contributed by atoms with Crippen molar-refractivity contribution in [2.75, 3.05) is 19.3 Å². The molecule has 0 N–H and O–H groups in total. The Kier molecular flexibility index (Phi) is 4.51. The number of nitrogens with zero attached hydrogens (tertiary/aromatic N) is 3. The van der Waals surface area contributed by atoms with Crippen LogP contribution < -0.4 is 0 Å². The Morgan fingerprint density at radius 3 is 2.73 bits per heavy atom. The number of halogens is 1. The number of aromatic nitrogens is 2. The van der Waals surface area contributed by atoms with Crippen LogP contribution in [0.15, 0.2) is 28.8 Å². The number of sulfonamides is 1. The predicted molar refractivity (Wildman–Crippen MR) is 90.8 cm³/mol. The van der Waals surface area contributed by atoms with Crippen molar-refractivity contribution in [1.29, 1.82) is 0 Å². The largest absolute Gasteiger partial charge is 0.339 e. The van der Waals surface area contributed by atoms with Crippen molar-refractivity contribution in [3.05, 3.63) is 33.7 Å². The molecule has 118 valence electrons. The van der Waals surface area contributed by atoms with E-state index in [2.05, 4.69) is 32.7 Å². The van der Waals surface area contributed by atoms with Gasteiger partial charge in [-0.3, -0.25) is 0 Å². The predicted octanol–water partition coefficient (Wildman–Crippen LogP) is 2.48. The third-order valence-corrected chi connectivity index (χ3v) is 5.74. The molecule has 1 unspecified atom stereocenters. The van der Waals surface area contributed by atoms with Crippen molar-refractivity contribution in [2.45, 2.75) is 18.8 Å². The highest BCUT2D eigenvalue weighted by molar-refractivity contribution is 14.1. The van der Waals surface area contributed by atoms with E-state index < -0.39 is 10.0 Å². The second kappa shape index (κ2) is 6.25. The standard InChI is InChI=1S/C14H16IN3O3S/c1-22(19,20)18-8-2-3-11(9-18)14-16-13(17-21-14)10-4-6-12(15)7-5-10/h4-7,11H,2-3,8-9H2,1H3. The van der Waals surface area contributed by atoms with Crippen LogP contribution >= 0.6 is 22.6 Å². The highest BCUT2D eigenvalue weighted by Gasteiger charge is 2.30. The molecule has 1 saturated heterocycles. The number of rotatable bonds is 3. The number of piperidine rings is 1. The van der Waals surface area contributed by atoms with Crippen LogP contribution in [-0.4, -0.2) is 42.2 Å². The molecule has 1 aromatic carbocycles. The summed E-state index contributed by atoms with van der Waals surface area (Å²) in [5.74, 6) is 1.03. The monoisotopic (exact) mass is 433 g/mol. The summed E-state index contributed by atoms with van der Waals surface area (Å²) in [6.07, 6.45) is 2.90. The molecule has 1 fully saturated rings. The van der Waals surface area contributed by atoms with Crippen molar-refractivity contribution in [1.82, 2.24) is 14.4 Å². The topological polar surface area (TPSA) is 76.3 Å². The molecule has 6 nitrogen and oxygen atoms in total. The normalized spacial score (nSPS) is 20.2. The third-order valence-electron chi connectivity index (χ3n) is 3.75. The van der Waals surface area contributed by atoms with E-state index in [9.17, 15) is 8.42 Å². The zero-order valence-corrected chi connectivity index (χ0v) is 15.0. The molecule has 1 aromatic heterocycles. The lowest BCUT2D eigenvalue weighted by molar-refractivity contribution is 0.266. The lowest BCUT2D eigenvalue weighted by Crippen LogP contribution is -2.38. The van der Waals surface area contributed by atoms with Crippen LogP contribution in [0.1, 0.15) is 24.7 Å². The fraction of sp³-hybridized carbons (Fsp3) is 0.429. The third kappa shape index (κ3) is 3.49. The minimum Gasteiger partial charge on any atom is -0.339 e. The van der Waals surface area contributed by atoms with E-state index in [0.29, 0.717) is 24.8 Å². The fourth-order valence-electron chi connectivity index (χ4n) is 2.56. The minimum absolute atomic E-state index is 0.0337. The molecule has 8 heteroatoms.